The largest absolute Gasteiger partial charge is 0.395 e. The summed E-state index contributed by atoms with van der Waals surface area (Å²) in [5, 5.41) is 9.46. The van der Waals surface area contributed by atoms with Crippen molar-refractivity contribution >= 4 is 5.78 Å². The van der Waals surface area contributed by atoms with Gasteiger partial charge in [0.2, 0.25) is 0 Å². The molecule has 1 N–H and O–H groups in total. The fourth-order valence-electron chi connectivity index (χ4n) is 2.80. The fraction of sp³-hybridized carbons (Fsp3) is 0.533. The highest BCUT2D eigenvalue weighted by Crippen LogP contribution is 2.26. The smallest absolute Gasteiger partial charge is 0.179 e. The maximum Gasteiger partial charge on any atom is 0.179 e. The van der Waals surface area contributed by atoms with Crippen molar-refractivity contribution in [3.8, 4) is 0 Å². The van der Waals surface area contributed by atoms with Crippen LogP contribution in [0.2, 0.25) is 0 Å². The third kappa shape index (κ3) is 2.47. The number of hydrogen-bond donors (Lipinski definition) is 1. The molecule has 2 rings (SSSR count). The normalized spacial score (nSPS) is 26.2. The number of carbonyl (C=O) groups is 1. The lowest BCUT2D eigenvalue weighted by atomic mass is 10.0. The molecule has 1 aromatic carbocycles. The topological polar surface area (TPSA) is 40.5 Å². The van der Waals surface area contributed by atoms with E-state index in [1.54, 1.807) is 0 Å². The molecule has 3 nitrogen and oxygen atoms in total. The Labute approximate surface area is 108 Å². The van der Waals surface area contributed by atoms with Crippen LogP contribution < -0.4 is 0 Å². The van der Waals surface area contributed by atoms with Crippen LogP contribution in [0.4, 0.5) is 0 Å². The molecule has 1 fully saturated rings. The van der Waals surface area contributed by atoms with Gasteiger partial charge in [0.1, 0.15) is 0 Å². The zero-order chi connectivity index (χ0) is 13.1. The van der Waals surface area contributed by atoms with Gasteiger partial charge in [0.25, 0.3) is 0 Å². The molecule has 0 amide bonds. The zero-order valence-corrected chi connectivity index (χ0v) is 11.0. The molecule has 0 aromatic heterocycles. The fourth-order valence-corrected chi connectivity index (χ4v) is 2.80. The molecule has 18 heavy (non-hydrogen) atoms. The lowest BCUT2D eigenvalue weighted by molar-refractivity contribution is 0.0720. The van der Waals surface area contributed by atoms with E-state index in [9.17, 15) is 9.90 Å². The van der Waals surface area contributed by atoms with Crippen molar-refractivity contribution in [1.82, 2.24) is 4.90 Å². The first-order valence-electron chi connectivity index (χ1n) is 6.61. The number of aliphatic hydroxyl groups excluding tert-OH is 1. The van der Waals surface area contributed by atoms with E-state index in [4.69, 9.17) is 0 Å². The molecule has 1 heterocycles. The van der Waals surface area contributed by atoms with Gasteiger partial charge < -0.3 is 5.11 Å². The Balaban J connectivity index is 2.12. The molecular weight excluding hydrogens is 226 g/mol. The first kappa shape index (κ1) is 13.2. The molecule has 0 bridgehead atoms. The maximum absolute atomic E-state index is 12.4. The number of benzene rings is 1. The average Bonchev–Trinajstić information content (AvgIpc) is 2.79. The Hall–Kier alpha value is -1.19. The van der Waals surface area contributed by atoms with Crippen LogP contribution in [0, 0.1) is 5.92 Å². The maximum atomic E-state index is 12.4. The Bertz CT molecular complexity index is 404. The van der Waals surface area contributed by atoms with Crippen LogP contribution in [0.1, 0.15) is 30.6 Å². The molecule has 1 aromatic rings. The van der Waals surface area contributed by atoms with Crippen molar-refractivity contribution in [2.75, 3.05) is 13.2 Å². The van der Waals surface area contributed by atoms with Crippen LogP contribution in [0.25, 0.3) is 0 Å². The Morgan fingerprint density at radius 1 is 1.44 bits per heavy atom. The molecule has 1 aliphatic rings. The van der Waals surface area contributed by atoms with E-state index in [1.807, 2.05) is 37.3 Å². The van der Waals surface area contributed by atoms with E-state index in [-0.39, 0.29) is 24.5 Å². The van der Waals surface area contributed by atoms with Gasteiger partial charge in [-0.15, -0.1) is 0 Å². The molecule has 3 unspecified atom stereocenters. The summed E-state index contributed by atoms with van der Waals surface area (Å²) in [7, 11) is 0. The molecule has 0 radical (unpaired) electrons. The highest BCUT2D eigenvalue weighted by atomic mass is 16.3. The second-order valence-corrected chi connectivity index (χ2v) is 5.16. The third-order valence-electron chi connectivity index (χ3n) is 4.05. The van der Waals surface area contributed by atoms with Crippen molar-refractivity contribution in [2.24, 2.45) is 5.92 Å². The van der Waals surface area contributed by atoms with E-state index in [2.05, 4.69) is 11.8 Å². The summed E-state index contributed by atoms with van der Waals surface area (Å²) in [6.45, 7) is 5.11. The third-order valence-corrected chi connectivity index (χ3v) is 4.05. The van der Waals surface area contributed by atoms with Crippen molar-refractivity contribution < 1.29 is 9.90 Å². The van der Waals surface area contributed by atoms with Gasteiger partial charge in [-0.05, 0) is 25.8 Å². The average molecular weight is 247 g/mol. The van der Waals surface area contributed by atoms with Gasteiger partial charge >= 0.3 is 0 Å². The Kier molecular flexibility index (Phi) is 4.15. The number of Topliss-reactive ketones (excluding diaryl/α,β-unsaturated/α-hetero) is 1. The molecule has 1 saturated heterocycles. The monoisotopic (exact) mass is 247 g/mol. The zero-order valence-electron chi connectivity index (χ0n) is 11.0. The van der Waals surface area contributed by atoms with Crippen molar-refractivity contribution in [3.63, 3.8) is 0 Å². The van der Waals surface area contributed by atoms with Gasteiger partial charge in [-0.3, -0.25) is 9.69 Å². The summed E-state index contributed by atoms with van der Waals surface area (Å²) >= 11 is 0. The lowest BCUT2D eigenvalue weighted by Gasteiger charge is -2.30. The van der Waals surface area contributed by atoms with E-state index < -0.39 is 0 Å². The molecule has 3 atom stereocenters. The van der Waals surface area contributed by atoms with Crippen molar-refractivity contribution in [3.05, 3.63) is 35.9 Å². The number of aliphatic hydroxyl groups is 1. The SMILES string of the molecule is CC1CCN(C(C)C(=O)c2ccccc2)C1CO. The van der Waals surface area contributed by atoms with Gasteiger partial charge in [0.05, 0.1) is 12.6 Å². The number of hydrogen-bond acceptors (Lipinski definition) is 3. The van der Waals surface area contributed by atoms with E-state index in [0.29, 0.717) is 5.92 Å². The van der Waals surface area contributed by atoms with Crippen LogP contribution in [0.15, 0.2) is 30.3 Å². The highest BCUT2D eigenvalue weighted by molar-refractivity contribution is 5.99. The number of likely N-dealkylation sites (tertiary alicyclic amines) is 1. The minimum absolute atomic E-state index is 0.118. The summed E-state index contributed by atoms with van der Waals surface area (Å²) in [5.74, 6) is 0.601. The predicted molar refractivity (Wildman–Crippen MR) is 71.6 cm³/mol. The van der Waals surface area contributed by atoms with Crippen LogP contribution >= 0.6 is 0 Å². The number of nitrogens with zero attached hydrogens (tertiary/aromatic N) is 1. The van der Waals surface area contributed by atoms with Crippen molar-refractivity contribution in [1.29, 1.82) is 0 Å². The van der Waals surface area contributed by atoms with Crippen molar-refractivity contribution in [2.45, 2.75) is 32.4 Å². The van der Waals surface area contributed by atoms with Gasteiger partial charge in [0, 0.05) is 11.6 Å². The molecule has 0 saturated carbocycles. The lowest BCUT2D eigenvalue weighted by Crippen LogP contribution is -2.45. The van der Waals surface area contributed by atoms with Crippen LogP contribution in [0.5, 0.6) is 0 Å². The molecule has 98 valence electrons. The first-order chi connectivity index (χ1) is 8.65. The minimum Gasteiger partial charge on any atom is -0.395 e. The number of rotatable bonds is 4. The summed E-state index contributed by atoms with van der Waals surface area (Å²) in [6.07, 6.45) is 1.05. The van der Waals surface area contributed by atoms with Gasteiger partial charge in [-0.25, -0.2) is 0 Å². The van der Waals surface area contributed by atoms with Gasteiger partial charge in [-0.1, -0.05) is 37.3 Å². The van der Waals surface area contributed by atoms with E-state index in [1.165, 1.54) is 0 Å². The quantitative estimate of drug-likeness (QED) is 0.827. The molecular formula is C15H21NO2. The molecule has 0 aliphatic carbocycles. The molecule has 0 spiro atoms. The van der Waals surface area contributed by atoms with Crippen LogP contribution in [0.3, 0.4) is 0 Å². The summed E-state index contributed by atoms with van der Waals surface area (Å²) in [5.41, 5.74) is 0.751. The second kappa shape index (κ2) is 5.63. The molecule has 3 heteroatoms. The van der Waals surface area contributed by atoms with E-state index >= 15 is 0 Å². The van der Waals surface area contributed by atoms with Crippen LogP contribution in [-0.2, 0) is 0 Å². The predicted octanol–water partition coefficient (Wildman–Crippen LogP) is 1.96. The first-order valence-corrected chi connectivity index (χ1v) is 6.61. The molecule has 1 aliphatic heterocycles. The summed E-state index contributed by atoms with van der Waals surface area (Å²) in [4.78, 5) is 14.5. The minimum atomic E-state index is -0.158. The Morgan fingerprint density at radius 2 is 2.11 bits per heavy atom. The summed E-state index contributed by atoms with van der Waals surface area (Å²) in [6, 6.07) is 9.35. The summed E-state index contributed by atoms with van der Waals surface area (Å²) < 4.78 is 0. The number of ketones is 1. The van der Waals surface area contributed by atoms with Gasteiger partial charge in [-0.2, -0.15) is 0 Å². The number of carbonyl (C=O) groups excluding carboxylic acids is 1. The van der Waals surface area contributed by atoms with Crippen LogP contribution in [-0.4, -0.2) is 41.0 Å². The highest BCUT2D eigenvalue weighted by Gasteiger charge is 2.36. The second-order valence-electron chi connectivity index (χ2n) is 5.16. The standard InChI is InChI=1S/C15H21NO2/c1-11-8-9-16(14(11)10-17)12(2)15(18)13-6-4-3-5-7-13/h3-7,11-12,14,17H,8-10H2,1-2H3. The van der Waals surface area contributed by atoms with E-state index in [0.717, 1.165) is 18.5 Å². The van der Waals surface area contributed by atoms with Gasteiger partial charge in [0.15, 0.2) is 5.78 Å². The Morgan fingerprint density at radius 3 is 2.72 bits per heavy atom.